The fourth-order valence-corrected chi connectivity index (χ4v) is 5.06. The van der Waals surface area contributed by atoms with E-state index in [0.717, 1.165) is 21.9 Å². The molecule has 1 fully saturated rings. The van der Waals surface area contributed by atoms with Crippen molar-refractivity contribution in [2.45, 2.75) is 50.5 Å². The van der Waals surface area contributed by atoms with Crippen molar-refractivity contribution in [3.63, 3.8) is 0 Å². The van der Waals surface area contributed by atoms with Gasteiger partial charge in [0.05, 0.1) is 24.3 Å². The molecule has 2 heterocycles. The number of nitrogens with one attached hydrogen (secondary N) is 1. The van der Waals surface area contributed by atoms with Gasteiger partial charge >= 0.3 is 0 Å². The number of hydrogen-bond donors (Lipinski definition) is 5. The van der Waals surface area contributed by atoms with Crippen LogP contribution in [0.3, 0.4) is 0 Å². The number of carbonyl (C=O) groups is 1. The molecule has 0 saturated carbocycles. The zero-order valence-corrected chi connectivity index (χ0v) is 21.2. The zero-order chi connectivity index (χ0) is 27.0. The molecule has 1 unspecified atom stereocenters. The first-order chi connectivity index (χ1) is 18.2. The average molecular weight is 521 g/mol. The quantitative estimate of drug-likeness (QED) is 0.252. The molecule has 5 atom stereocenters. The standard InChI is InChI=1S/C29H32N2O7/c1-3-37-20-10-11-21-22(27(35)30-29(2)26(34)25(33)24(16-32)38-28(29)36)15-31(23(21)13-20)14-17-8-9-18-6-4-5-7-19(18)12-17/h4-13,15,24-26,28,32-34,36H,3,14,16H2,1-2H3,(H,30,35)/t24-,25-,26+,28?,29-/m1/s1. The lowest BCUT2D eigenvalue weighted by atomic mass is 9.84. The third kappa shape index (κ3) is 4.63. The van der Waals surface area contributed by atoms with Crippen molar-refractivity contribution in [1.82, 2.24) is 9.88 Å². The van der Waals surface area contributed by atoms with E-state index in [1.165, 1.54) is 6.92 Å². The molecule has 1 aliphatic heterocycles. The highest BCUT2D eigenvalue weighted by Gasteiger charge is 2.53. The van der Waals surface area contributed by atoms with E-state index in [1.54, 1.807) is 18.3 Å². The molecule has 0 spiro atoms. The summed E-state index contributed by atoms with van der Waals surface area (Å²) in [5.74, 6) is 0.108. The highest BCUT2D eigenvalue weighted by molar-refractivity contribution is 6.07. The molecule has 1 aliphatic rings. The minimum Gasteiger partial charge on any atom is -0.494 e. The van der Waals surface area contributed by atoms with Crippen LogP contribution in [0, 0.1) is 0 Å². The van der Waals surface area contributed by atoms with Gasteiger partial charge in [-0.3, -0.25) is 4.79 Å². The van der Waals surface area contributed by atoms with E-state index in [1.807, 2.05) is 35.8 Å². The van der Waals surface area contributed by atoms with Gasteiger partial charge in [0.25, 0.3) is 5.91 Å². The number of carbonyl (C=O) groups excluding carboxylic acids is 1. The molecule has 38 heavy (non-hydrogen) atoms. The highest BCUT2D eigenvalue weighted by atomic mass is 16.6. The Morgan fingerprint density at radius 1 is 1.08 bits per heavy atom. The van der Waals surface area contributed by atoms with Gasteiger partial charge in [0, 0.05) is 24.2 Å². The number of fused-ring (bicyclic) bond motifs is 2. The lowest BCUT2D eigenvalue weighted by Crippen LogP contribution is -2.71. The van der Waals surface area contributed by atoms with Crippen LogP contribution in [0.1, 0.15) is 29.8 Å². The molecule has 0 bridgehead atoms. The summed E-state index contributed by atoms with van der Waals surface area (Å²) in [7, 11) is 0. The second-order valence-corrected chi connectivity index (χ2v) is 9.85. The van der Waals surface area contributed by atoms with Gasteiger partial charge in [-0.15, -0.1) is 0 Å². The molecule has 1 amide bonds. The number of rotatable bonds is 7. The molecule has 3 aromatic carbocycles. The van der Waals surface area contributed by atoms with E-state index < -0.39 is 42.7 Å². The third-order valence-corrected chi connectivity index (χ3v) is 7.27. The molecule has 1 aromatic heterocycles. The van der Waals surface area contributed by atoms with Crippen LogP contribution in [0.15, 0.2) is 66.9 Å². The maximum Gasteiger partial charge on any atom is 0.254 e. The van der Waals surface area contributed by atoms with Crippen molar-refractivity contribution < 1.29 is 34.7 Å². The van der Waals surface area contributed by atoms with Gasteiger partial charge in [0.2, 0.25) is 0 Å². The lowest BCUT2D eigenvalue weighted by Gasteiger charge is -2.47. The summed E-state index contributed by atoms with van der Waals surface area (Å²) in [4.78, 5) is 13.6. The van der Waals surface area contributed by atoms with Crippen molar-refractivity contribution in [2.24, 2.45) is 0 Å². The van der Waals surface area contributed by atoms with Gasteiger partial charge in [-0.25, -0.2) is 0 Å². The Hall–Kier alpha value is -3.47. The maximum atomic E-state index is 13.6. The number of aromatic nitrogens is 1. The third-order valence-electron chi connectivity index (χ3n) is 7.27. The van der Waals surface area contributed by atoms with Crippen molar-refractivity contribution in [1.29, 1.82) is 0 Å². The first-order valence-electron chi connectivity index (χ1n) is 12.6. The molecular formula is C29H32N2O7. The summed E-state index contributed by atoms with van der Waals surface area (Å²) in [5.41, 5.74) is 0.426. The number of benzene rings is 3. The van der Waals surface area contributed by atoms with Crippen LogP contribution < -0.4 is 10.1 Å². The Bertz CT molecular complexity index is 1470. The molecular weight excluding hydrogens is 488 g/mol. The van der Waals surface area contributed by atoms with E-state index in [2.05, 4.69) is 29.6 Å². The number of nitrogens with zero attached hydrogens (tertiary/aromatic N) is 1. The van der Waals surface area contributed by atoms with Gasteiger partial charge in [-0.05, 0) is 48.4 Å². The minimum absolute atomic E-state index is 0.322. The van der Waals surface area contributed by atoms with Crippen LogP contribution in [0.4, 0.5) is 0 Å². The zero-order valence-electron chi connectivity index (χ0n) is 21.2. The van der Waals surface area contributed by atoms with E-state index in [9.17, 15) is 25.2 Å². The van der Waals surface area contributed by atoms with E-state index in [-0.39, 0.29) is 0 Å². The summed E-state index contributed by atoms with van der Waals surface area (Å²) >= 11 is 0. The minimum atomic E-state index is -1.72. The molecule has 9 nitrogen and oxygen atoms in total. The number of hydrogen-bond acceptors (Lipinski definition) is 7. The number of amides is 1. The maximum absolute atomic E-state index is 13.6. The second kappa shape index (κ2) is 10.4. The average Bonchev–Trinajstić information content (AvgIpc) is 3.27. The monoisotopic (exact) mass is 520 g/mol. The summed E-state index contributed by atoms with van der Waals surface area (Å²) in [6, 6.07) is 19.8. The highest BCUT2D eigenvalue weighted by Crippen LogP contribution is 2.31. The Morgan fingerprint density at radius 3 is 2.58 bits per heavy atom. The Kier molecular flexibility index (Phi) is 7.13. The summed E-state index contributed by atoms with van der Waals surface area (Å²) in [5, 5.41) is 46.6. The van der Waals surface area contributed by atoms with Crippen LogP contribution in [-0.2, 0) is 11.3 Å². The number of ether oxygens (including phenoxy) is 2. The van der Waals surface area contributed by atoms with Gasteiger partial charge in [-0.1, -0.05) is 36.4 Å². The fourth-order valence-electron chi connectivity index (χ4n) is 5.06. The van der Waals surface area contributed by atoms with Crippen molar-refractivity contribution in [2.75, 3.05) is 13.2 Å². The topological polar surface area (TPSA) is 133 Å². The Morgan fingerprint density at radius 2 is 1.84 bits per heavy atom. The first-order valence-corrected chi connectivity index (χ1v) is 12.6. The molecule has 0 aliphatic carbocycles. The van der Waals surface area contributed by atoms with Gasteiger partial charge in [0.15, 0.2) is 6.29 Å². The normalized spacial score (nSPS) is 25.5. The van der Waals surface area contributed by atoms with Crippen LogP contribution >= 0.6 is 0 Å². The van der Waals surface area contributed by atoms with E-state index in [4.69, 9.17) is 9.47 Å². The number of aliphatic hydroxyl groups is 4. The molecule has 9 heteroatoms. The lowest BCUT2D eigenvalue weighted by molar-refractivity contribution is -0.278. The van der Waals surface area contributed by atoms with Crippen molar-refractivity contribution in [3.05, 3.63) is 78.0 Å². The van der Waals surface area contributed by atoms with Crippen LogP contribution in [0.2, 0.25) is 0 Å². The molecule has 200 valence electrons. The Labute approximate surface area is 219 Å². The largest absolute Gasteiger partial charge is 0.494 e. The summed E-state index contributed by atoms with van der Waals surface area (Å²) in [6.45, 7) is 3.68. The summed E-state index contributed by atoms with van der Waals surface area (Å²) < 4.78 is 12.9. The van der Waals surface area contributed by atoms with Crippen LogP contribution in [0.25, 0.3) is 21.7 Å². The second-order valence-electron chi connectivity index (χ2n) is 9.85. The van der Waals surface area contributed by atoms with E-state index >= 15 is 0 Å². The SMILES string of the molecule is CCOc1ccc2c(C(=O)N[C@@]3(C)C(O)O[C@H](CO)[C@@H](O)[C@@H]3O)cn(Cc3ccc4ccccc4c3)c2c1. The molecule has 5 rings (SSSR count). The van der Waals surface area contributed by atoms with Gasteiger partial charge < -0.3 is 39.8 Å². The van der Waals surface area contributed by atoms with Crippen molar-refractivity contribution in [3.8, 4) is 5.75 Å². The molecule has 5 N–H and O–H groups in total. The molecule has 0 radical (unpaired) electrons. The number of aliphatic hydroxyl groups excluding tert-OH is 4. The van der Waals surface area contributed by atoms with Gasteiger partial charge in [-0.2, -0.15) is 0 Å². The molecule has 4 aromatic rings. The fraction of sp³-hybridized carbons (Fsp3) is 0.345. The predicted molar refractivity (Wildman–Crippen MR) is 142 cm³/mol. The van der Waals surface area contributed by atoms with Gasteiger partial charge in [0.1, 0.15) is 29.6 Å². The Balaban J connectivity index is 1.51. The first kappa shape index (κ1) is 26.1. The van der Waals surface area contributed by atoms with Crippen molar-refractivity contribution >= 4 is 27.6 Å². The summed E-state index contributed by atoms with van der Waals surface area (Å²) in [6.07, 6.45) is -4.19. The molecule has 1 saturated heterocycles. The predicted octanol–water partition coefficient (Wildman–Crippen LogP) is 2.16. The smallest absolute Gasteiger partial charge is 0.254 e. The van der Waals surface area contributed by atoms with Crippen LogP contribution in [-0.4, -0.2) is 74.3 Å². The van der Waals surface area contributed by atoms with Crippen LogP contribution in [0.5, 0.6) is 5.75 Å². The van der Waals surface area contributed by atoms with E-state index in [0.29, 0.717) is 29.9 Å².